The third-order valence-corrected chi connectivity index (χ3v) is 5.28. The van der Waals surface area contributed by atoms with Crippen molar-refractivity contribution in [3.05, 3.63) is 53.6 Å². The Labute approximate surface area is 154 Å². The van der Waals surface area contributed by atoms with E-state index in [4.69, 9.17) is 5.73 Å². The SMILES string of the molecule is Cc1ccccc1N1CCN(c2ccc(C(=O)NC3CC3)cc2N)CC1. The Bertz CT molecular complexity index is 807. The van der Waals surface area contributed by atoms with Crippen molar-refractivity contribution < 1.29 is 4.79 Å². The van der Waals surface area contributed by atoms with Gasteiger partial charge in [0, 0.05) is 43.5 Å². The van der Waals surface area contributed by atoms with Crippen LogP contribution in [0, 0.1) is 6.92 Å². The molecule has 3 N–H and O–H groups in total. The van der Waals surface area contributed by atoms with Crippen molar-refractivity contribution in [3.63, 3.8) is 0 Å². The molecule has 5 nitrogen and oxygen atoms in total. The van der Waals surface area contributed by atoms with Crippen LogP contribution >= 0.6 is 0 Å². The van der Waals surface area contributed by atoms with Gasteiger partial charge in [-0.05, 0) is 49.6 Å². The zero-order valence-corrected chi connectivity index (χ0v) is 15.2. The molecule has 2 aliphatic rings. The minimum Gasteiger partial charge on any atom is -0.397 e. The zero-order valence-electron chi connectivity index (χ0n) is 15.2. The lowest BCUT2D eigenvalue weighted by molar-refractivity contribution is 0.0951. The molecule has 0 aromatic heterocycles. The summed E-state index contributed by atoms with van der Waals surface area (Å²) in [5, 5.41) is 3.01. The summed E-state index contributed by atoms with van der Waals surface area (Å²) in [6.45, 7) is 5.94. The predicted octanol–water partition coefficient (Wildman–Crippen LogP) is 2.80. The van der Waals surface area contributed by atoms with Crippen LogP contribution in [0.5, 0.6) is 0 Å². The number of para-hydroxylation sites is 1. The van der Waals surface area contributed by atoms with Gasteiger partial charge in [0.1, 0.15) is 0 Å². The molecule has 1 heterocycles. The maximum Gasteiger partial charge on any atom is 0.251 e. The minimum absolute atomic E-state index is 0.0184. The Kier molecular flexibility index (Phi) is 4.45. The van der Waals surface area contributed by atoms with E-state index < -0.39 is 0 Å². The van der Waals surface area contributed by atoms with Crippen LogP contribution in [0.15, 0.2) is 42.5 Å². The summed E-state index contributed by atoms with van der Waals surface area (Å²) in [4.78, 5) is 16.9. The molecule has 1 saturated carbocycles. The van der Waals surface area contributed by atoms with Gasteiger partial charge in [-0.15, -0.1) is 0 Å². The molecule has 1 amide bonds. The number of carbonyl (C=O) groups is 1. The largest absolute Gasteiger partial charge is 0.397 e. The Morgan fingerprint density at radius 1 is 1.00 bits per heavy atom. The Morgan fingerprint density at radius 2 is 1.65 bits per heavy atom. The number of nitrogens with two attached hydrogens (primary N) is 1. The Balaban J connectivity index is 1.42. The molecule has 4 rings (SSSR count). The molecule has 1 aliphatic carbocycles. The average Bonchev–Trinajstić information content (AvgIpc) is 3.46. The zero-order chi connectivity index (χ0) is 18.1. The molecule has 2 aromatic carbocycles. The van der Waals surface area contributed by atoms with Crippen molar-refractivity contribution in [1.82, 2.24) is 5.32 Å². The van der Waals surface area contributed by atoms with Gasteiger partial charge >= 0.3 is 0 Å². The number of nitrogens with zero attached hydrogens (tertiary/aromatic N) is 2. The number of hydrogen-bond acceptors (Lipinski definition) is 4. The molecule has 0 spiro atoms. The quantitative estimate of drug-likeness (QED) is 0.833. The molecule has 0 bridgehead atoms. The normalized spacial score (nSPS) is 17.3. The lowest BCUT2D eigenvalue weighted by Crippen LogP contribution is -2.47. The fourth-order valence-electron chi connectivity index (χ4n) is 3.59. The molecule has 1 aliphatic heterocycles. The van der Waals surface area contributed by atoms with Crippen molar-refractivity contribution >= 4 is 23.0 Å². The highest BCUT2D eigenvalue weighted by atomic mass is 16.1. The first-order chi connectivity index (χ1) is 12.6. The number of hydrogen-bond donors (Lipinski definition) is 2. The third kappa shape index (κ3) is 3.47. The first kappa shape index (κ1) is 16.8. The van der Waals surface area contributed by atoms with Crippen LogP contribution in [0.25, 0.3) is 0 Å². The van der Waals surface area contributed by atoms with E-state index in [1.807, 2.05) is 12.1 Å². The molecule has 5 heteroatoms. The molecule has 2 fully saturated rings. The second kappa shape index (κ2) is 6.90. The number of piperazine rings is 1. The van der Waals surface area contributed by atoms with Crippen LogP contribution in [0.1, 0.15) is 28.8 Å². The number of amides is 1. The van der Waals surface area contributed by atoms with Gasteiger partial charge in [-0.1, -0.05) is 18.2 Å². The summed E-state index contributed by atoms with van der Waals surface area (Å²) in [7, 11) is 0. The van der Waals surface area contributed by atoms with E-state index in [0.717, 1.165) is 44.7 Å². The van der Waals surface area contributed by atoms with Crippen molar-refractivity contribution in [1.29, 1.82) is 0 Å². The molecule has 0 atom stereocenters. The van der Waals surface area contributed by atoms with E-state index in [9.17, 15) is 4.79 Å². The lowest BCUT2D eigenvalue weighted by atomic mass is 10.1. The van der Waals surface area contributed by atoms with Crippen LogP contribution in [0.3, 0.4) is 0 Å². The van der Waals surface area contributed by atoms with E-state index >= 15 is 0 Å². The van der Waals surface area contributed by atoms with Crippen LogP contribution < -0.4 is 20.9 Å². The van der Waals surface area contributed by atoms with Gasteiger partial charge in [0.25, 0.3) is 5.91 Å². The van der Waals surface area contributed by atoms with Crippen LogP contribution in [0.2, 0.25) is 0 Å². The van der Waals surface area contributed by atoms with Crippen molar-refractivity contribution in [2.24, 2.45) is 0 Å². The van der Waals surface area contributed by atoms with Gasteiger partial charge in [-0.3, -0.25) is 4.79 Å². The van der Waals surface area contributed by atoms with E-state index in [-0.39, 0.29) is 5.91 Å². The molecule has 26 heavy (non-hydrogen) atoms. The molecular formula is C21H26N4O. The standard InChI is InChI=1S/C21H26N4O/c1-15-4-2-3-5-19(15)24-10-12-25(13-11-24)20-9-6-16(14-18(20)22)21(26)23-17-7-8-17/h2-6,9,14,17H,7-8,10-13,22H2,1H3,(H,23,26). The second-order valence-corrected chi connectivity index (χ2v) is 7.28. The summed E-state index contributed by atoms with van der Waals surface area (Å²) in [5.41, 5.74) is 11.2. The molecule has 136 valence electrons. The topological polar surface area (TPSA) is 61.6 Å². The Morgan fingerprint density at radius 3 is 2.27 bits per heavy atom. The van der Waals surface area contributed by atoms with Crippen LogP contribution in [0.4, 0.5) is 17.1 Å². The number of nitrogens with one attached hydrogen (secondary N) is 1. The van der Waals surface area contributed by atoms with E-state index in [0.29, 0.717) is 17.3 Å². The third-order valence-electron chi connectivity index (χ3n) is 5.28. The van der Waals surface area contributed by atoms with Crippen molar-refractivity contribution in [2.75, 3.05) is 41.7 Å². The van der Waals surface area contributed by atoms with E-state index in [2.05, 4.69) is 46.3 Å². The molecular weight excluding hydrogens is 324 g/mol. The second-order valence-electron chi connectivity index (χ2n) is 7.28. The van der Waals surface area contributed by atoms with Gasteiger partial charge in [0.15, 0.2) is 0 Å². The number of carbonyl (C=O) groups excluding carboxylic acids is 1. The minimum atomic E-state index is -0.0184. The molecule has 0 unspecified atom stereocenters. The summed E-state index contributed by atoms with van der Waals surface area (Å²) in [5.74, 6) is -0.0184. The number of nitrogen functional groups attached to an aromatic ring is 1. The number of benzene rings is 2. The van der Waals surface area contributed by atoms with E-state index in [1.165, 1.54) is 11.3 Å². The highest BCUT2D eigenvalue weighted by Crippen LogP contribution is 2.28. The van der Waals surface area contributed by atoms with Gasteiger partial charge < -0.3 is 20.9 Å². The molecule has 2 aromatic rings. The Hall–Kier alpha value is -2.69. The first-order valence-corrected chi connectivity index (χ1v) is 9.38. The van der Waals surface area contributed by atoms with Crippen molar-refractivity contribution in [3.8, 4) is 0 Å². The van der Waals surface area contributed by atoms with Crippen LogP contribution in [-0.4, -0.2) is 38.1 Å². The number of rotatable bonds is 4. The van der Waals surface area contributed by atoms with Gasteiger partial charge in [-0.25, -0.2) is 0 Å². The summed E-state index contributed by atoms with van der Waals surface area (Å²) in [6, 6.07) is 14.6. The van der Waals surface area contributed by atoms with Crippen LogP contribution in [-0.2, 0) is 0 Å². The highest BCUT2D eigenvalue weighted by Gasteiger charge is 2.25. The summed E-state index contributed by atoms with van der Waals surface area (Å²) >= 11 is 0. The lowest BCUT2D eigenvalue weighted by Gasteiger charge is -2.38. The van der Waals surface area contributed by atoms with E-state index in [1.54, 1.807) is 6.07 Å². The predicted molar refractivity (Wildman–Crippen MR) is 107 cm³/mol. The highest BCUT2D eigenvalue weighted by molar-refractivity contribution is 5.96. The fourth-order valence-corrected chi connectivity index (χ4v) is 3.59. The van der Waals surface area contributed by atoms with Crippen molar-refractivity contribution in [2.45, 2.75) is 25.8 Å². The maximum absolute atomic E-state index is 12.2. The summed E-state index contributed by atoms with van der Waals surface area (Å²) in [6.07, 6.45) is 2.18. The van der Waals surface area contributed by atoms with Gasteiger partial charge in [-0.2, -0.15) is 0 Å². The fraction of sp³-hybridized carbons (Fsp3) is 0.381. The first-order valence-electron chi connectivity index (χ1n) is 9.38. The van der Waals surface area contributed by atoms with Gasteiger partial charge in [0.05, 0.1) is 11.4 Å². The summed E-state index contributed by atoms with van der Waals surface area (Å²) < 4.78 is 0. The average molecular weight is 350 g/mol. The van der Waals surface area contributed by atoms with Gasteiger partial charge in [0.2, 0.25) is 0 Å². The molecule has 0 radical (unpaired) electrons. The maximum atomic E-state index is 12.2. The number of aryl methyl sites for hydroxylation is 1. The smallest absolute Gasteiger partial charge is 0.251 e. The monoisotopic (exact) mass is 350 g/mol. The number of anilines is 3. The molecule has 1 saturated heterocycles.